The second-order valence-electron chi connectivity index (χ2n) is 7.46. The van der Waals surface area contributed by atoms with E-state index in [4.69, 9.17) is 4.74 Å². The number of hydrogen-bond acceptors (Lipinski definition) is 6. The fourth-order valence-corrected chi connectivity index (χ4v) is 5.29. The predicted molar refractivity (Wildman–Crippen MR) is 111 cm³/mol. The molecule has 9 heteroatoms. The van der Waals surface area contributed by atoms with Crippen LogP contribution in [0.25, 0.3) is 0 Å². The van der Waals surface area contributed by atoms with E-state index >= 15 is 0 Å². The molecule has 2 heterocycles. The predicted octanol–water partition coefficient (Wildman–Crippen LogP) is 2.29. The van der Waals surface area contributed by atoms with Crippen molar-refractivity contribution in [2.75, 3.05) is 18.8 Å². The summed E-state index contributed by atoms with van der Waals surface area (Å²) >= 11 is 0. The molecule has 0 spiro atoms. The standard InChI is InChI=1S/C21H27N3O5S/c1-17-4-2-5-18(12-17)14-29-20-7-10-23(11-8-20)30(27,28)15-21(24(26)16-25)19-6-3-9-22-13-19/h2-6,9,12-13,16,20-21,26H,7-8,10-11,14-15H2,1H3/t21-/m0/s1. The van der Waals surface area contributed by atoms with Crippen LogP contribution in [-0.2, 0) is 26.2 Å². The number of aromatic nitrogens is 1. The van der Waals surface area contributed by atoms with Gasteiger partial charge in [0.25, 0.3) is 0 Å². The van der Waals surface area contributed by atoms with Crippen LogP contribution in [-0.4, -0.2) is 59.3 Å². The Kier molecular flexibility index (Phi) is 7.54. The number of amides is 1. The minimum absolute atomic E-state index is 0.00426. The molecule has 1 aromatic heterocycles. The number of rotatable bonds is 9. The van der Waals surface area contributed by atoms with Crippen molar-refractivity contribution >= 4 is 16.4 Å². The van der Waals surface area contributed by atoms with E-state index in [2.05, 4.69) is 11.1 Å². The number of benzene rings is 1. The van der Waals surface area contributed by atoms with E-state index in [0.29, 0.717) is 43.2 Å². The van der Waals surface area contributed by atoms with Crippen LogP contribution in [0.1, 0.15) is 35.6 Å². The van der Waals surface area contributed by atoms with E-state index in [0.717, 1.165) is 5.56 Å². The number of hydroxylamine groups is 2. The van der Waals surface area contributed by atoms with Gasteiger partial charge in [0.05, 0.1) is 18.5 Å². The molecule has 30 heavy (non-hydrogen) atoms. The van der Waals surface area contributed by atoms with Gasteiger partial charge in [0.1, 0.15) is 6.04 Å². The second kappa shape index (κ2) is 10.1. The normalized spacial score (nSPS) is 16.9. The minimum atomic E-state index is -3.69. The fourth-order valence-electron chi connectivity index (χ4n) is 3.57. The Morgan fingerprint density at radius 2 is 2.07 bits per heavy atom. The number of carbonyl (C=O) groups is 1. The third-order valence-electron chi connectivity index (χ3n) is 5.23. The molecule has 0 bridgehead atoms. The molecule has 1 N–H and O–H groups in total. The molecule has 3 rings (SSSR count). The number of ether oxygens (including phenoxy) is 1. The van der Waals surface area contributed by atoms with Crippen LogP contribution in [0.3, 0.4) is 0 Å². The van der Waals surface area contributed by atoms with Crippen LogP contribution in [0.5, 0.6) is 0 Å². The molecule has 162 valence electrons. The highest BCUT2D eigenvalue weighted by Crippen LogP contribution is 2.24. The van der Waals surface area contributed by atoms with Crippen molar-refractivity contribution in [2.24, 2.45) is 0 Å². The van der Waals surface area contributed by atoms with Gasteiger partial charge >= 0.3 is 0 Å². The molecular weight excluding hydrogens is 406 g/mol. The van der Waals surface area contributed by atoms with E-state index in [1.807, 2.05) is 25.1 Å². The van der Waals surface area contributed by atoms with Crippen molar-refractivity contribution in [1.29, 1.82) is 0 Å². The lowest BCUT2D eigenvalue weighted by molar-refractivity contribution is -0.159. The van der Waals surface area contributed by atoms with Gasteiger partial charge in [-0.15, -0.1) is 0 Å². The van der Waals surface area contributed by atoms with Crippen molar-refractivity contribution in [3.63, 3.8) is 0 Å². The van der Waals surface area contributed by atoms with Gasteiger partial charge in [-0.3, -0.25) is 15.0 Å². The summed E-state index contributed by atoms with van der Waals surface area (Å²) in [6.07, 6.45) is 4.38. The van der Waals surface area contributed by atoms with Crippen LogP contribution in [0, 0.1) is 6.92 Å². The summed E-state index contributed by atoms with van der Waals surface area (Å²) in [5, 5.41) is 10.3. The summed E-state index contributed by atoms with van der Waals surface area (Å²) in [5.41, 5.74) is 2.72. The van der Waals surface area contributed by atoms with E-state index in [-0.39, 0.29) is 12.5 Å². The van der Waals surface area contributed by atoms with Crippen molar-refractivity contribution in [3.8, 4) is 0 Å². The number of pyridine rings is 1. The molecule has 1 aromatic carbocycles. The Balaban J connectivity index is 1.57. The lowest BCUT2D eigenvalue weighted by Gasteiger charge is -2.33. The zero-order valence-corrected chi connectivity index (χ0v) is 17.7. The van der Waals surface area contributed by atoms with Gasteiger partial charge in [-0.1, -0.05) is 35.9 Å². The fraction of sp³-hybridized carbons (Fsp3) is 0.429. The summed E-state index contributed by atoms with van der Waals surface area (Å²) in [6, 6.07) is 10.4. The molecule has 2 aromatic rings. The van der Waals surface area contributed by atoms with Gasteiger partial charge in [0.15, 0.2) is 0 Å². The Morgan fingerprint density at radius 1 is 1.30 bits per heavy atom. The number of aryl methyl sites for hydroxylation is 1. The first-order valence-corrected chi connectivity index (χ1v) is 11.5. The largest absolute Gasteiger partial charge is 0.373 e. The monoisotopic (exact) mass is 433 g/mol. The highest BCUT2D eigenvalue weighted by atomic mass is 32.2. The van der Waals surface area contributed by atoms with Crippen molar-refractivity contribution in [3.05, 3.63) is 65.5 Å². The molecule has 1 aliphatic heterocycles. The maximum Gasteiger partial charge on any atom is 0.233 e. The molecule has 1 fully saturated rings. The highest BCUT2D eigenvalue weighted by molar-refractivity contribution is 7.89. The number of hydrogen-bond donors (Lipinski definition) is 1. The van der Waals surface area contributed by atoms with E-state index in [1.54, 1.807) is 18.3 Å². The maximum absolute atomic E-state index is 12.9. The quantitative estimate of drug-likeness (QED) is 0.370. The second-order valence-corrected chi connectivity index (χ2v) is 9.48. The van der Waals surface area contributed by atoms with Crippen LogP contribution < -0.4 is 0 Å². The van der Waals surface area contributed by atoms with Gasteiger partial charge in [-0.2, -0.15) is 0 Å². The summed E-state index contributed by atoms with van der Waals surface area (Å²) in [4.78, 5) is 15.0. The molecule has 1 atom stereocenters. The topological polar surface area (TPSA) is 100 Å². The third-order valence-corrected chi connectivity index (χ3v) is 7.12. The van der Waals surface area contributed by atoms with Crippen LogP contribution in [0.4, 0.5) is 0 Å². The van der Waals surface area contributed by atoms with Gasteiger partial charge in [0, 0.05) is 25.5 Å². The van der Waals surface area contributed by atoms with Gasteiger partial charge in [-0.25, -0.2) is 17.8 Å². The molecule has 0 aliphatic carbocycles. The Bertz CT molecular complexity index is 931. The molecule has 1 saturated heterocycles. The van der Waals surface area contributed by atoms with E-state index in [9.17, 15) is 18.4 Å². The maximum atomic E-state index is 12.9. The summed E-state index contributed by atoms with van der Waals surface area (Å²) in [6.45, 7) is 3.21. The summed E-state index contributed by atoms with van der Waals surface area (Å²) < 4.78 is 33.2. The number of piperidine rings is 1. The van der Waals surface area contributed by atoms with Gasteiger partial charge in [0.2, 0.25) is 16.4 Å². The smallest absolute Gasteiger partial charge is 0.233 e. The molecular formula is C21H27N3O5S. The van der Waals surface area contributed by atoms with Gasteiger partial charge < -0.3 is 4.74 Å². The molecule has 1 aliphatic rings. The van der Waals surface area contributed by atoms with Crippen LogP contribution in [0.15, 0.2) is 48.8 Å². The number of nitrogens with zero attached hydrogens (tertiary/aromatic N) is 3. The Hall–Kier alpha value is -2.33. The SMILES string of the molecule is Cc1cccc(COC2CCN(S(=O)(=O)C[C@@H](c3cccnc3)N(O)C=O)CC2)c1. The first kappa shape index (κ1) is 22.4. The summed E-state index contributed by atoms with van der Waals surface area (Å²) in [5.74, 6) is -0.414. The average Bonchev–Trinajstić information content (AvgIpc) is 2.76. The first-order chi connectivity index (χ1) is 14.4. The first-order valence-electron chi connectivity index (χ1n) is 9.86. The van der Waals surface area contributed by atoms with Crippen molar-refractivity contribution < 1.29 is 23.2 Å². The number of sulfonamides is 1. The summed E-state index contributed by atoms with van der Waals surface area (Å²) in [7, 11) is -3.69. The van der Waals surface area contributed by atoms with E-state index < -0.39 is 21.8 Å². The molecule has 0 unspecified atom stereocenters. The zero-order chi connectivity index (χ0) is 21.6. The third kappa shape index (κ3) is 5.85. The van der Waals surface area contributed by atoms with Gasteiger partial charge in [-0.05, 0) is 37.0 Å². The minimum Gasteiger partial charge on any atom is -0.373 e. The molecule has 1 amide bonds. The lowest BCUT2D eigenvalue weighted by atomic mass is 10.1. The van der Waals surface area contributed by atoms with Crippen molar-refractivity contribution in [1.82, 2.24) is 14.4 Å². The molecule has 0 saturated carbocycles. The van der Waals surface area contributed by atoms with Crippen molar-refractivity contribution in [2.45, 2.75) is 38.5 Å². The van der Waals surface area contributed by atoms with Crippen LogP contribution in [0.2, 0.25) is 0 Å². The zero-order valence-electron chi connectivity index (χ0n) is 16.9. The molecule has 8 nitrogen and oxygen atoms in total. The Labute approximate surface area is 177 Å². The average molecular weight is 434 g/mol. The van der Waals surface area contributed by atoms with E-state index in [1.165, 1.54) is 16.1 Å². The highest BCUT2D eigenvalue weighted by Gasteiger charge is 2.33. The molecule has 0 radical (unpaired) electrons. The Morgan fingerprint density at radius 3 is 2.70 bits per heavy atom. The lowest BCUT2D eigenvalue weighted by Crippen LogP contribution is -2.44. The number of carbonyl (C=O) groups excluding carboxylic acids is 1. The van der Waals surface area contributed by atoms with Crippen LogP contribution >= 0.6 is 0 Å².